The van der Waals surface area contributed by atoms with Crippen LogP contribution in [0.15, 0.2) is 0 Å². The SMILES string of the molecule is CCCNC(=O)CCC(C)[C@H]1CC[C@H]2[C@@H]3[C@H](OC(C)=O)C[C@@H]4CC5(CC[C@]4(C)[C@H]3C[C@H](OC(C)=O)[C@]12C)OOC1(CCCCC1)OO5. The molecule has 266 valence electrons. The first-order chi connectivity index (χ1) is 22.3. The van der Waals surface area contributed by atoms with Gasteiger partial charge in [-0.05, 0) is 92.8 Å². The maximum Gasteiger partial charge on any atom is 0.302 e. The largest absolute Gasteiger partial charge is 0.462 e. The monoisotopic (exact) mass is 661 g/mol. The lowest BCUT2D eigenvalue weighted by Gasteiger charge is -2.65. The third kappa shape index (κ3) is 6.50. The van der Waals surface area contributed by atoms with E-state index in [0.717, 1.165) is 77.0 Å². The maximum atomic E-state index is 12.7. The van der Waals surface area contributed by atoms with E-state index in [1.54, 1.807) is 0 Å². The lowest BCUT2D eigenvalue weighted by Crippen LogP contribution is -2.65. The highest BCUT2D eigenvalue weighted by atomic mass is 17.4. The second-order valence-electron chi connectivity index (χ2n) is 16.5. The van der Waals surface area contributed by atoms with Gasteiger partial charge in [-0.2, -0.15) is 19.6 Å². The van der Waals surface area contributed by atoms with Crippen molar-refractivity contribution in [2.45, 2.75) is 162 Å². The first-order valence-electron chi connectivity index (χ1n) is 18.7. The van der Waals surface area contributed by atoms with E-state index in [-0.39, 0.29) is 70.5 Å². The van der Waals surface area contributed by atoms with Crippen molar-refractivity contribution in [3.63, 3.8) is 0 Å². The van der Waals surface area contributed by atoms with Crippen molar-refractivity contribution >= 4 is 17.8 Å². The second kappa shape index (κ2) is 13.5. The molecule has 0 radical (unpaired) electrons. The standard InChI is InChI=1S/C37H59NO9/c1-7-19-38-32(41)14-11-23(2)27-12-13-28-33-29(21-31(35(27,28)6)43-25(4)40)34(5)17-18-37(22-26(34)20-30(33)42-24(3)39)46-44-36(45-47-37)15-9-8-10-16-36/h23,26-31,33H,7-22H2,1-6H3,(H,38,41)/t23?,26-,27-,28+,29+,30-,31+,33+,34+,35-/m1/s1. The quantitative estimate of drug-likeness (QED) is 0.218. The van der Waals surface area contributed by atoms with Crippen LogP contribution in [0.1, 0.15) is 138 Å². The summed E-state index contributed by atoms with van der Waals surface area (Å²) in [5, 5.41) is 3.02. The molecule has 6 fully saturated rings. The fourth-order valence-electron chi connectivity index (χ4n) is 11.4. The van der Waals surface area contributed by atoms with Gasteiger partial charge in [0.1, 0.15) is 12.2 Å². The van der Waals surface area contributed by atoms with Gasteiger partial charge in [0.2, 0.25) is 17.5 Å². The maximum absolute atomic E-state index is 12.7. The van der Waals surface area contributed by atoms with E-state index in [9.17, 15) is 14.4 Å². The number of carbonyl (C=O) groups is 3. The number of hydrogen-bond acceptors (Lipinski definition) is 9. The molecule has 2 spiro atoms. The molecule has 0 bridgehead atoms. The van der Waals surface area contributed by atoms with Gasteiger partial charge in [-0.25, -0.2) is 0 Å². The van der Waals surface area contributed by atoms with Gasteiger partial charge in [0, 0.05) is 63.8 Å². The van der Waals surface area contributed by atoms with Gasteiger partial charge in [0.05, 0.1) is 0 Å². The Morgan fingerprint density at radius 1 is 0.851 bits per heavy atom. The van der Waals surface area contributed by atoms with Crippen LogP contribution in [0.3, 0.4) is 0 Å². The minimum absolute atomic E-state index is 0.0972. The minimum Gasteiger partial charge on any atom is -0.462 e. The van der Waals surface area contributed by atoms with Gasteiger partial charge in [0.15, 0.2) is 0 Å². The van der Waals surface area contributed by atoms with E-state index >= 15 is 0 Å². The summed E-state index contributed by atoms with van der Waals surface area (Å²) in [5.74, 6) is -0.935. The van der Waals surface area contributed by atoms with Crippen molar-refractivity contribution in [1.82, 2.24) is 5.32 Å². The van der Waals surface area contributed by atoms with E-state index in [4.69, 9.17) is 29.0 Å². The molecule has 5 aliphatic carbocycles. The van der Waals surface area contributed by atoms with Crippen LogP contribution in [0.25, 0.3) is 0 Å². The Balaban J connectivity index is 1.25. The van der Waals surface area contributed by atoms with Crippen LogP contribution in [0.2, 0.25) is 0 Å². The van der Waals surface area contributed by atoms with Gasteiger partial charge < -0.3 is 14.8 Å². The van der Waals surface area contributed by atoms with Gasteiger partial charge in [-0.3, -0.25) is 14.4 Å². The zero-order valence-electron chi connectivity index (χ0n) is 29.6. The van der Waals surface area contributed by atoms with Crippen LogP contribution >= 0.6 is 0 Å². The van der Waals surface area contributed by atoms with E-state index in [1.807, 2.05) is 0 Å². The Morgan fingerprint density at radius 3 is 2.19 bits per heavy atom. The molecule has 10 nitrogen and oxygen atoms in total. The average Bonchev–Trinajstić information content (AvgIpc) is 3.40. The average molecular weight is 662 g/mol. The van der Waals surface area contributed by atoms with E-state index < -0.39 is 11.6 Å². The molecule has 1 heterocycles. The Labute approximate surface area is 280 Å². The number of carbonyl (C=O) groups excluding carboxylic acids is 3. The predicted octanol–water partition coefficient (Wildman–Crippen LogP) is 6.94. The molecule has 10 heteroatoms. The van der Waals surface area contributed by atoms with Crippen LogP contribution < -0.4 is 5.32 Å². The van der Waals surface area contributed by atoms with Crippen molar-refractivity contribution in [2.24, 2.45) is 46.3 Å². The normalized spacial score (nSPS) is 40.9. The summed E-state index contributed by atoms with van der Waals surface area (Å²) in [7, 11) is 0. The summed E-state index contributed by atoms with van der Waals surface area (Å²) < 4.78 is 12.6. The Hall–Kier alpha value is -1.75. The molecule has 6 aliphatic rings. The van der Waals surface area contributed by atoms with Crippen molar-refractivity contribution in [2.75, 3.05) is 6.54 Å². The van der Waals surface area contributed by atoms with Gasteiger partial charge >= 0.3 is 11.9 Å². The fraction of sp³-hybridized carbons (Fsp3) is 0.919. The Kier molecular flexibility index (Phi) is 10.1. The van der Waals surface area contributed by atoms with E-state index in [1.165, 1.54) is 13.8 Å². The van der Waals surface area contributed by atoms with Crippen molar-refractivity contribution in [3.8, 4) is 0 Å². The van der Waals surface area contributed by atoms with Crippen LogP contribution in [-0.2, 0) is 43.4 Å². The molecule has 1 unspecified atom stereocenters. The second-order valence-corrected chi connectivity index (χ2v) is 16.5. The summed E-state index contributed by atoms with van der Waals surface area (Å²) in [6.07, 6.45) is 11.9. The number of fused-ring (bicyclic) bond motifs is 5. The molecular formula is C37H59NO9. The summed E-state index contributed by atoms with van der Waals surface area (Å²) in [5.41, 5.74) is -0.380. The number of rotatable bonds is 8. The molecule has 0 aromatic heterocycles. The smallest absolute Gasteiger partial charge is 0.302 e. The molecule has 1 aliphatic heterocycles. The molecule has 10 atom stereocenters. The summed E-state index contributed by atoms with van der Waals surface area (Å²) in [6, 6.07) is 0. The highest BCUT2D eigenvalue weighted by molar-refractivity contribution is 5.75. The highest BCUT2D eigenvalue weighted by Gasteiger charge is 2.69. The van der Waals surface area contributed by atoms with Gasteiger partial charge in [-0.1, -0.05) is 34.1 Å². The first kappa shape index (κ1) is 35.1. The van der Waals surface area contributed by atoms with Gasteiger partial charge in [-0.15, -0.1) is 0 Å². The molecule has 5 saturated carbocycles. The summed E-state index contributed by atoms with van der Waals surface area (Å²) in [6.45, 7) is 12.8. The van der Waals surface area contributed by atoms with Crippen LogP contribution in [0.5, 0.6) is 0 Å². The van der Waals surface area contributed by atoms with Crippen molar-refractivity contribution < 1.29 is 43.4 Å². The lowest BCUT2D eigenvalue weighted by molar-refractivity contribution is -0.665. The fourth-order valence-corrected chi connectivity index (χ4v) is 11.4. The van der Waals surface area contributed by atoms with Crippen LogP contribution in [-0.4, -0.2) is 48.2 Å². The summed E-state index contributed by atoms with van der Waals surface area (Å²) >= 11 is 0. The molecule has 1 amide bonds. The third-order valence-corrected chi connectivity index (χ3v) is 13.8. The molecule has 0 aromatic carbocycles. The van der Waals surface area contributed by atoms with Crippen LogP contribution in [0.4, 0.5) is 0 Å². The molecule has 1 saturated heterocycles. The lowest BCUT2D eigenvalue weighted by atomic mass is 9.42. The number of nitrogens with one attached hydrogen (secondary N) is 1. The number of ether oxygens (including phenoxy) is 2. The Morgan fingerprint density at radius 2 is 1.53 bits per heavy atom. The molecule has 47 heavy (non-hydrogen) atoms. The van der Waals surface area contributed by atoms with Crippen molar-refractivity contribution in [3.05, 3.63) is 0 Å². The first-order valence-corrected chi connectivity index (χ1v) is 18.7. The molecular weight excluding hydrogens is 602 g/mol. The zero-order chi connectivity index (χ0) is 33.6. The van der Waals surface area contributed by atoms with Crippen LogP contribution in [0, 0.1) is 46.3 Å². The molecule has 0 aromatic rings. The molecule has 6 rings (SSSR count). The zero-order valence-corrected chi connectivity index (χ0v) is 29.6. The topological polar surface area (TPSA) is 119 Å². The van der Waals surface area contributed by atoms with Gasteiger partial charge in [0.25, 0.3) is 0 Å². The third-order valence-electron chi connectivity index (χ3n) is 13.8. The van der Waals surface area contributed by atoms with E-state index in [2.05, 4.69) is 33.0 Å². The number of esters is 2. The summed E-state index contributed by atoms with van der Waals surface area (Å²) in [4.78, 5) is 62.2. The number of hydrogen-bond donors (Lipinski definition) is 1. The van der Waals surface area contributed by atoms with E-state index in [0.29, 0.717) is 31.7 Å². The highest BCUT2D eigenvalue weighted by Crippen LogP contribution is 2.70. The minimum atomic E-state index is -0.990. The Bertz CT molecular complexity index is 1160. The number of amides is 1. The predicted molar refractivity (Wildman–Crippen MR) is 172 cm³/mol. The van der Waals surface area contributed by atoms with Crippen molar-refractivity contribution in [1.29, 1.82) is 0 Å². The molecule has 1 N–H and O–H groups in total.